The van der Waals surface area contributed by atoms with E-state index in [1.54, 1.807) is 18.6 Å². The number of rotatable bonds is 5. The molecule has 1 amide bonds. The Balaban J connectivity index is 1.88. The number of carbonyl (C=O) groups excluding carboxylic acids is 1. The van der Waals surface area contributed by atoms with Crippen LogP contribution in [0, 0.1) is 6.92 Å². The molecule has 5 nitrogen and oxygen atoms in total. The van der Waals surface area contributed by atoms with Crippen LogP contribution in [0.25, 0.3) is 0 Å². The van der Waals surface area contributed by atoms with Gasteiger partial charge in [0.15, 0.2) is 0 Å². The van der Waals surface area contributed by atoms with Crippen LogP contribution in [0.2, 0.25) is 0 Å². The van der Waals surface area contributed by atoms with E-state index in [2.05, 4.69) is 17.2 Å². The fourth-order valence-corrected chi connectivity index (χ4v) is 2.04. The molecule has 0 fully saturated rings. The lowest BCUT2D eigenvalue weighted by molar-refractivity contribution is 0.0952. The summed E-state index contributed by atoms with van der Waals surface area (Å²) in [6, 6.07) is 5.77. The lowest BCUT2D eigenvalue weighted by Gasteiger charge is -2.14. The van der Waals surface area contributed by atoms with Crippen LogP contribution in [0.1, 0.15) is 35.3 Å². The third kappa shape index (κ3) is 3.38. The Morgan fingerprint density at radius 3 is 3.00 bits per heavy atom. The van der Waals surface area contributed by atoms with Crippen LogP contribution >= 0.6 is 0 Å². The molecule has 1 unspecified atom stereocenters. The van der Waals surface area contributed by atoms with E-state index < -0.39 is 0 Å². The van der Waals surface area contributed by atoms with Gasteiger partial charge in [-0.05, 0) is 32.4 Å². The highest BCUT2D eigenvalue weighted by atomic mass is 16.1. The second-order valence-corrected chi connectivity index (χ2v) is 4.99. The molecular weight excluding hydrogens is 252 g/mol. The van der Waals surface area contributed by atoms with Gasteiger partial charge in [-0.1, -0.05) is 11.6 Å². The summed E-state index contributed by atoms with van der Waals surface area (Å²) in [7, 11) is 0. The highest BCUT2D eigenvalue weighted by Gasteiger charge is 2.10. The molecule has 0 saturated heterocycles. The Hall–Kier alpha value is -2.30. The number of carbonyl (C=O) groups is 1. The van der Waals surface area contributed by atoms with Crippen LogP contribution in [0.3, 0.4) is 0 Å². The second-order valence-electron chi connectivity index (χ2n) is 4.99. The molecule has 1 aromatic heterocycles. The van der Waals surface area contributed by atoms with Gasteiger partial charge >= 0.3 is 0 Å². The Morgan fingerprint density at radius 2 is 2.30 bits per heavy atom. The number of hydrogen-bond donors (Lipinski definition) is 2. The Morgan fingerprint density at radius 1 is 1.50 bits per heavy atom. The van der Waals surface area contributed by atoms with E-state index in [1.807, 2.05) is 29.8 Å². The topological polar surface area (TPSA) is 72.9 Å². The molecule has 1 aromatic carbocycles. The van der Waals surface area contributed by atoms with Gasteiger partial charge < -0.3 is 15.6 Å². The number of amides is 1. The van der Waals surface area contributed by atoms with Gasteiger partial charge in [0.1, 0.15) is 0 Å². The summed E-state index contributed by atoms with van der Waals surface area (Å²) in [5, 5.41) is 2.91. The van der Waals surface area contributed by atoms with Crippen molar-refractivity contribution < 1.29 is 4.79 Å². The molecule has 1 heterocycles. The van der Waals surface area contributed by atoms with Crippen LogP contribution in [0.15, 0.2) is 36.9 Å². The van der Waals surface area contributed by atoms with Crippen molar-refractivity contribution in [2.75, 3.05) is 12.3 Å². The maximum atomic E-state index is 12.1. The van der Waals surface area contributed by atoms with E-state index in [1.165, 1.54) is 0 Å². The molecule has 2 rings (SSSR count). The van der Waals surface area contributed by atoms with Crippen molar-refractivity contribution in [2.45, 2.75) is 26.3 Å². The molecule has 0 saturated carbocycles. The molecule has 3 N–H and O–H groups in total. The molecule has 2 aromatic rings. The van der Waals surface area contributed by atoms with Crippen molar-refractivity contribution in [3.8, 4) is 0 Å². The minimum atomic E-state index is -0.121. The van der Waals surface area contributed by atoms with E-state index in [4.69, 9.17) is 5.73 Å². The Labute approximate surface area is 118 Å². The van der Waals surface area contributed by atoms with Gasteiger partial charge in [-0.3, -0.25) is 4.79 Å². The minimum absolute atomic E-state index is 0.121. The number of nitrogens with two attached hydrogens (primary N) is 1. The molecule has 106 valence electrons. The van der Waals surface area contributed by atoms with Crippen molar-refractivity contribution in [2.24, 2.45) is 0 Å². The third-order valence-corrected chi connectivity index (χ3v) is 3.33. The van der Waals surface area contributed by atoms with Gasteiger partial charge in [0.05, 0.1) is 11.9 Å². The van der Waals surface area contributed by atoms with Crippen molar-refractivity contribution in [3.63, 3.8) is 0 Å². The molecule has 1 atom stereocenters. The van der Waals surface area contributed by atoms with Gasteiger partial charge in [-0.2, -0.15) is 0 Å². The zero-order valence-corrected chi connectivity index (χ0v) is 11.8. The number of hydrogen-bond acceptors (Lipinski definition) is 3. The van der Waals surface area contributed by atoms with E-state index in [-0.39, 0.29) is 5.91 Å². The second kappa shape index (κ2) is 6.23. The van der Waals surface area contributed by atoms with E-state index in [0.29, 0.717) is 23.8 Å². The number of nitrogens with one attached hydrogen (secondary N) is 1. The molecule has 20 heavy (non-hydrogen) atoms. The van der Waals surface area contributed by atoms with Gasteiger partial charge in [0.25, 0.3) is 5.91 Å². The molecule has 0 aliphatic heterocycles. The van der Waals surface area contributed by atoms with E-state index >= 15 is 0 Å². The monoisotopic (exact) mass is 272 g/mol. The quantitative estimate of drug-likeness (QED) is 0.819. The van der Waals surface area contributed by atoms with E-state index in [0.717, 1.165) is 12.0 Å². The first-order chi connectivity index (χ1) is 9.58. The Kier molecular flexibility index (Phi) is 4.40. The van der Waals surface area contributed by atoms with Crippen LogP contribution in [-0.4, -0.2) is 22.0 Å². The normalized spacial score (nSPS) is 12.1. The van der Waals surface area contributed by atoms with Gasteiger partial charge in [-0.25, -0.2) is 4.98 Å². The predicted octanol–water partition coefficient (Wildman–Crippen LogP) is 2.15. The van der Waals surface area contributed by atoms with E-state index in [9.17, 15) is 4.79 Å². The molecule has 5 heteroatoms. The number of aryl methyl sites for hydroxylation is 1. The number of benzene rings is 1. The van der Waals surface area contributed by atoms with Crippen LogP contribution in [-0.2, 0) is 0 Å². The largest absolute Gasteiger partial charge is 0.398 e. The first-order valence-electron chi connectivity index (χ1n) is 6.69. The van der Waals surface area contributed by atoms with Crippen molar-refractivity contribution >= 4 is 11.6 Å². The summed E-state index contributed by atoms with van der Waals surface area (Å²) in [6.07, 6.45) is 6.30. The highest BCUT2D eigenvalue weighted by molar-refractivity contribution is 5.99. The smallest absolute Gasteiger partial charge is 0.253 e. The van der Waals surface area contributed by atoms with Gasteiger partial charge in [-0.15, -0.1) is 0 Å². The SMILES string of the molecule is Cc1ccc(N)c(C(=O)NCCC(C)n2ccnc2)c1. The molecule has 0 aliphatic carbocycles. The first-order valence-corrected chi connectivity index (χ1v) is 6.69. The summed E-state index contributed by atoms with van der Waals surface area (Å²) >= 11 is 0. The summed E-state index contributed by atoms with van der Waals surface area (Å²) in [5.41, 5.74) is 7.90. The predicted molar refractivity (Wildman–Crippen MR) is 79.5 cm³/mol. The number of anilines is 1. The minimum Gasteiger partial charge on any atom is -0.398 e. The number of nitrogen functional groups attached to an aromatic ring is 1. The Bertz CT molecular complexity index is 578. The highest BCUT2D eigenvalue weighted by Crippen LogP contribution is 2.14. The summed E-state index contributed by atoms with van der Waals surface area (Å²) in [5.74, 6) is -0.121. The maximum Gasteiger partial charge on any atom is 0.253 e. The van der Waals surface area contributed by atoms with Gasteiger partial charge in [0.2, 0.25) is 0 Å². The van der Waals surface area contributed by atoms with Crippen molar-refractivity contribution in [1.29, 1.82) is 0 Å². The molecule has 0 radical (unpaired) electrons. The lowest BCUT2D eigenvalue weighted by atomic mass is 10.1. The molecule has 0 spiro atoms. The van der Waals surface area contributed by atoms with Gasteiger partial charge in [0, 0.05) is 30.7 Å². The lowest BCUT2D eigenvalue weighted by Crippen LogP contribution is -2.26. The zero-order chi connectivity index (χ0) is 14.5. The van der Waals surface area contributed by atoms with Crippen molar-refractivity contribution in [1.82, 2.24) is 14.9 Å². The molecular formula is C15H20N4O. The van der Waals surface area contributed by atoms with Crippen molar-refractivity contribution in [3.05, 3.63) is 48.0 Å². The summed E-state index contributed by atoms with van der Waals surface area (Å²) in [4.78, 5) is 16.1. The first kappa shape index (κ1) is 14.1. The number of aromatic nitrogens is 2. The fourth-order valence-electron chi connectivity index (χ4n) is 2.04. The third-order valence-electron chi connectivity index (χ3n) is 3.33. The maximum absolute atomic E-state index is 12.1. The average molecular weight is 272 g/mol. The fraction of sp³-hybridized carbons (Fsp3) is 0.333. The van der Waals surface area contributed by atoms with Crippen LogP contribution < -0.4 is 11.1 Å². The zero-order valence-electron chi connectivity index (χ0n) is 11.8. The summed E-state index contributed by atoms with van der Waals surface area (Å²) < 4.78 is 2.02. The standard InChI is InChI=1S/C15H20N4O/c1-11-3-4-14(16)13(9-11)15(20)18-6-5-12(2)19-8-7-17-10-19/h3-4,7-10,12H,5-6,16H2,1-2H3,(H,18,20). The average Bonchev–Trinajstić information content (AvgIpc) is 2.95. The molecule has 0 aliphatic rings. The number of nitrogens with zero attached hydrogens (tertiary/aromatic N) is 2. The summed E-state index contributed by atoms with van der Waals surface area (Å²) in [6.45, 7) is 4.64. The van der Waals surface area contributed by atoms with Crippen LogP contribution in [0.5, 0.6) is 0 Å². The number of imidazole rings is 1. The van der Waals surface area contributed by atoms with Crippen LogP contribution in [0.4, 0.5) is 5.69 Å². The molecule has 0 bridgehead atoms.